The molecule has 1 unspecified atom stereocenters. The first-order valence-corrected chi connectivity index (χ1v) is 6.18. The molecular formula is C13H16ClNO2. The highest BCUT2D eigenvalue weighted by Crippen LogP contribution is 2.32. The summed E-state index contributed by atoms with van der Waals surface area (Å²) in [5.74, 6) is 0.197. The SMILES string of the molecule is COC(=O)C(Nc1ccc(Cl)cc1)C1CCC1. The fourth-order valence-electron chi connectivity index (χ4n) is 2.00. The molecule has 1 fully saturated rings. The van der Waals surface area contributed by atoms with Gasteiger partial charge in [-0.05, 0) is 43.0 Å². The second-order valence-electron chi connectivity index (χ2n) is 4.34. The van der Waals surface area contributed by atoms with Crippen LogP contribution in [-0.4, -0.2) is 19.1 Å². The number of hydrogen-bond acceptors (Lipinski definition) is 3. The summed E-state index contributed by atoms with van der Waals surface area (Å²) in [6.07, 6.45) is 3.36. The third kappa shape index (κ3) is 2.91. The molecule has 1 aliphatic rings. The maximum absolute atomic E-state index is 11.7. The van der Waals surface area contributed by atoms with Crippen LogP contribution in [0.1, 0.15) is 19.3 Å². The number of benzene rings is 1. The summed E-state index contributed by atoms with van der Waals surface area (Å²) in [5.41, 5.74) is 0.900. The van der Waals surface area contributed by atoms with E-state index in [0.717, 1.165) is 18.5 Å². The van der Waals surface area contributed by atoms with E-state index in [1.807, 2.05) is 12.1 Å². The van der Waals surface area contributed by atoms with Gasteiger partial charge in [0.2, 0.25) is 0 Å². The number of halogens is 1. The van der Waals surface area contributed by atoms with Gasteiger partial charge in [0.1, 0.15) is 6.04 Å². The number of carbonyl (C=O) groups excluding carboxylic acids is 1. The zero-order chi connectivity index (χ0) is 12.3. The zero-order valence-corrected chi connectivity index (χ0v) is 10.5. The Labute approximate surface area is 106 Å². The lowest BCUT2D eigenvalue weighted by molar-refractivity contribution is -0.143. The molecule has 3 nitrogen and oxygen atoms in total. The summed E-state index contributed by atoms with van der Waals surface area (Å²) < 4.78 is 4.84. The van der Waals surface area contributed by atoms with E-state index in [4.69, 9.17) is 16.3 Å². The molecule has 0 spiro atoms. The third-order valence-corrected chi connectivity index (χ3v) is 3.49. The molecule has 0 amide bonds. The number of rotatable bonds is 4. The molecule has 0 aliphatic heterocycles. The van der Waals surface area contributed by atoms with Crippen LogP contribution >= 0.6 is 11.6 Å². The van der Waals surface area contributed by atoms with Crippen molar-refractivity contribution in [3.05, 3.63) is 29.3 Å². The van der Waals surface area contributed by atoms with E-state index >= 15 is 0 Å². The van der Waals surface area contributed by atoms with Crippen LogP contribution in [0.3, 0.4) is 0 Å². The number of nitrogens with one attached hydrogen (secondary N) is 1. The summed E-state index contributed by atoms with van der Waals surface area (Å²) in [6.45, 7) is 0. The van der Waals surface area contributed by atoms with Crippen LogP contribution in [0.4, 0.5) is 5.69 Å². The highest BCUT2D eigenvalue weighted by molar-refractivity contribution is 6.30. The number of esters is 1. The lowest BCUT2D eigenvalue weighted by atomic mass is 9.79. The molecule has 1 aromatic carbocycles. The van der Waals surface area contributed by atoms with E-state index in [1.165, 1.54) is 13.5 Å². The van der Waals surface area contributed by atoms with Crippen LogP contribution in [0.15, 0.2) is 24.3 Å². The first kappa shape index (κ1) is 12.2. The fraction of sp³-hybridized carbons (Fsp3) is 0.462. The molecular weight excluding hydrogens is 238 g/mol. The predicted octanol–water partition coefficient (Wildman–Crippen LogP) is 3.09. The van der Waals surface area contributed by atoms with E-state index in [2.05, 4.69) is 5.32 Å². The van der Waals surface area contributed by atoms with Gasteiger partial charge in [0.15, 0.2) is 0 Å². The molecule has 1 aliphatic carbocycles. The Morgan fingerprint density at radius 3 is 2.53 bits per heavy atom. The Bertz CT molecular complexity index is 387. The van der Waals surface area contributed by atoms with Crippen molar-refractivity contribution in [2.24, 2.45) is 5.92 Å². The zero-order valence-electron chi connectivity index (χ0n) is 9.78. The summed E-state index contributed by atoms with van der Waals surface area (Å²) in [6, 6.07) is 7.11. The summed E-state index contributed by atoms with van der Waals surface area (Å²) in [5, 5.41) is 3.91. The highest BCUT2D eigenvalue weighted by Gasteiger charge is 2.33. The van der Waals surface area contributed by atoms with Crippen molar-refractivity contribution < 1.29 is 9.53 Å². The van der Waals surface area contributed by atoms with E-state index in [9.17, 15) is 4.79 Å². The van der Waals surface area contributed by atoms with Crippen molar-refractivity contribution in [1.82, 2.24) is 0 Å². The van der Waals surface area contributed by atoms with E-state index in [0.29, 0.717) is 10.9 Å². The lowest BCUT2D eigenvalue weighted by Crippen LogP contribution is -2.41. The van der Waals surface area contributed by atoms with Gasteiger partial charge in [0, 0.05) is 10.7 Å². The highest BCUT2D eigenvalue weighted by atomic mass is 35.5. The Morgan fingerprint density at radius 2 is 2.06 bits per heavy atom. The van der Waals surface area contributed by atoms with Crippen LogP contribution < -0.4 is 5.32 Å². The Morgan fingerprint density at radius 1 is 1.41 bits per heavy atom. The van der Waals surface area contributed by atoms with Crippen molar-refractivity contribution in [2.45, 2.75) is 25.3 Å². The van der Waals surface area contributed by atoms with Gasteiger partial charge in [-0.3, -0.25) is 0 Å². The topological polar surface area (TPSA) is 38.3 Å². The number of anilines is 1. The Balaban J connectivity index is 2.06. The molecule has 17 heavy (non-hydrogen) atoms. The Kier molecular flexibility index (Phi) is 3.89. The van der Waals surface area contributed by atoms with Crippen LogP contribution in [-0.2, 0) is 9.53 Å². The van der Waals surface area contributed by atoms with E-state index < -0.39 is 0 Å². The van der Waals surface area contributed by atoms with Crippen LogP contribution in [0, 0.1) is 5.92 Å². The average molecular weight is 254 g/mol. The summed E-state index contributed by atoms with van der Waals surface area (Å²) in [7, 11) is 1.43. The second-order valence-corrected chi connectivity index (χ2v) is 4.78. The normalized spacial score (nSPS) is 17.1. The average Bonchev–Trinajstić information content (AvgIpc) is 2.27. The molecule has 0 aromatic heterocycles. The minimum Gasteiger partial charge on any atom is -0.467 e. The molecule has 2 rings (SSSR count). The molecule has 92 valence electrons. The van der Waals surface area contributed by atoms with Gasteiger partial charge in [0.05, 0.1) is 7.11 Å². The maximum atomic E-state index is 11.7. The second kappa shape index (κ2) is 5.41. The first-order valence-electron chi connectivity index (χ1n) is 5.80. The van der Waals surface area contributed by atoms with Crippen molar-refractivity contribution in [3.63, 3.8) is 0 Å². The molecule has 0 saturated heterocycles. The lowest BCUT2D eigenvalue weighted by Gasteiger charge is -2.32. The molecule has 0 bridgehead atoms. The van der Waals surface area contributed by atoms with Gasteiger partial charge in [-0.25, -0.2) is 4.79 Å². The molecule has 0 heterocycles. The molecule has 1 saturated carbocycles. The monoisotopic (exact) mass is 253 g/mol. The minimum absolute atomic E-state index is 0.190. The predicted molar refractivity (Wildman–Crippen MR) is 68.2 cm³/mol. The number of ether oxygens (including phenoxy) is 1. The van der Waals surface area contributed by atoms with Crippen molar-refractivity contribution in [2.75, 3.05) is 12.4 Å². The standard InChI is InChI=1S/C13H16ClNO2/c1-17-13(16)12(9-3-2-4-9)15-11-7-5-10(14)6-8-11/h5-9,12,15H,2-4H2,1H3. The van der Waals surface area contributed by atoms with Crippen LogP contribution in [0.2, 0.25) is 5.02 Å². The van der Waals surface area contributed by atoms with Crippen molar-refractivity contribution in [1.29, 1.82) is 0 Å². The van der Waals surface area contributed by atoms with Gasteiger partial charge < -0.3 is 10.1 Å². The summed E-state index contributed by atoms with van der Waals surface area (Å²) in [4.78, 5) is 11.7. The quantitative estimate of drug-likeness (QED) is 0.838. The minimum atomic E-state index is -0.241. The van der Waals surface area contributed by atoms with Crippen molar-refractivity contribution >= 4 is 23.3 Å². The molecule has 4 heteroatoms. The number of carbonyl (C=O) groups is 1. The fourth-order valence-corrected chi connectivity index (χ4v) is 2.12. The maximum Gasteiger partial charge on any atom is 0.328 e. The van der Waals surface area contributed by atoms with Crippen molar-refractivity contribution in [3.8, 4) is 0 Å². The molecule has 1 N–H and O–H groups in total. The van der Waals surface area contributed by atoms with Gasteiger partial charge in [-0.15, -0.1) is 0 Å². The van der Waals surface area contributed by atoms with Gasteiger partial charge in [-0.2, -0.15) is 0 Å². The third-order valence-electron chi connectivity index (χ3n) is 3.24. The molecule has 0 radical (unpaired) electrons. The Hall–Kier alpha value is -1.22. The van der Waals surface area contributed by atoms with Gasteiger partial charge in [-0.1, -0.05) is 18.0 Å². The largest absolute Gasteiger partial charge is 0.467 e. The smallest absolute Gasteiger partial charge is 0.328 e. The first-order chi connectivity index (χ1) is 8.20. The van der Waals surface area contributed by atoms with E-state index in [1.54, 1.807) is 12.1 Å². The molecule has 1 atom stereocenters. The van der Waals surface area contributed by atoms with Crippen LogP contribution in [0.25, 0.3) is 0 Å². The summed E-state index contributed by atoms with van der Waals surface area (Å²) >= 11 is 5.82. The number of methoxy groups -OCH3 is 1. The number of hydrogen-bond donors (Lipinski definition) is 1. The van der Waals surface area contributed by atoms with Gasteiger partial charge in [0.25, 0.3) is 0 Å². The van der Waals surface area contributed by atoms with Crippen LogP contribution in [0.5, 0.6) is 0 Å². The van der Waals surface area contributed by atoms with Gasteiger partial charge >= 0.3 is 5.97 Å². The van der Waals surface area contributed by atoms with E-state index in [-0.39, 0.29) is 12.0 Å². The molecule has 1 aromatic rings.